The first-order chi connectivity index (χ1) is 5.81. The average molecular weight is 185 g/mol. The number of hydrogen-bond donors (Lipinski definition) is 2. The lowest BCUT2D eigenvalue weighted by molar-refractivity contribution is 1.02. The van der Waals surface area contributed by atoms with Crippen LogP contribution in [0.15, 0.2) is 35.2 Å². The van der Waals surface area contributed by atoms with E-state index in [1.54, 1.807) is 0 Å². The van der Waals surface area contributed by atoms with Gasteiger partial charge in [0.2, 0.25) is 0 Å². The molecular formula is C10H19NS. The summed E-state index contributed by atoms with van der Waals surface area (Å²) in [5.41, 5.74) is 0. The Morgan fingerprint density at radius 2 is 1.33 bits per heavy atom. The summed E-state index contributed by atoms with van der Waals surface area (Å²) in [6.45, 7) is 4.00. The second kappa shape index (κ2) is 13.1. The van der Waals surface area contributed by atoms with Crippen LogP contribution >= 0.6 is 12.6 Å². The van der Waals surface area contributed by atoms with E-state index in [2.05, 4.69) is 17.9 Å². The fraction of sp³-hybridized carbons (Fsp3) is 0.400. The van der Waals surface area contributed by atoms with Gasteiger partial charge < -0.3 is 5.32 Å². The van der Waals surface area contributed by atoms with E-state index in [0.29, 0.717) is 0 Å². The Morgan fingerprint density at radius 3 is 1.50 bits per heavy atom. The molecule has 0 saturated heterocycles. The first-order valence-electron chi connectivity index (χ1n) is 4.13. The molecule has 0 atom stereocenters. The number of thiol groups is 1. The monoisotopic (exact) mass is 185 g/mol. The van der Waals surface area contributed by atoms with E-state index < -0.39 is 0 Å². The zero-order valence-electron chi connectivity index (χ0n) is 8.33. The van der Waals surface area contributed by atoms with Crippen molar-refractivity contribution in [2.24, 2.45) is 0 Å². The van der Waals surface area contributed by atoms with Crippen molar-refractivity contribution in [1.82, 2.24) is 5.32 Å². The van der Waals surface area contributed by atoms with Crippen LogP contribution in [0.5, 0.6) is 0 Å². The maximum absolute atomic E-state index is 4.08. The van der Waals surface area contributed by atoms with Crippen molar-refractivity contribution < 1.29 is 0 Å². The number of benzene rings is 1. The SMILES string of the molecule is CC.CNC.Sc1ccccc1. The highest BCUT2D eigenvalue weighted by Crippen LogP contribution is 2.00. The molecule has 0 spiro atoms. The molecule has 0 bridgehead atoms. The summed E-state index contributed by atoms with van der Waals surface area (Å²) in [6.07, 6.45) is 0. The van der Waals surface area contributed by atoms with Gasteiger partial charge in [-0.15, -0.1) is 12.6 Å². The standard InChI is InChI=1S/C6H6S.C2H7N.C2H6/c7-6-4-2-1-3-5-6;1-3-2;1-2/h1-5,7H;3H,1-2H3;1-2H3. The normalized spacial score (nSPS) is 7.08. The van der Waals surface area contributed by atoms with Crippen LogP contribution in [0.25, 0.3) is 0 Å². The Hall–Kier alpha value is -0.470. The van der Waals surface area contributed by atoms with Crippen molar-refractivity contribution in [2.45, 2.75) is 18.7 Å². The second-order valence-electron chi connectivity index (χ2n) is 1.84. The van der Waals surface area contributed by atoms with Gasteiger partial charge in [0.05, 0.1) is 0 Å². The van der Waals surface area contributed by atoms with Crippen LogP contribution in [-0.4, -0.2) is 14.1 Å². The van der Waals surface area contributed by atoms with Gasteiger partial charge in [-0.05, 0) is 26.2 Å². The molecule has 0 saturated carbocycles. The highest BCUT2D eigenvalue weighted by Gasteiger charge is 1.73. The Balaban J connectivity index is 0. The van der Waals surface area contributed by atoms with Crippen LogP contribution in [-0.2, 0) is 0 Å². The quantitative estimate of drug-likeness (QED) is 0.592. The van der Waals surface area contributed by atoms with Crippen molar-refractivity contribution >= 4 is 12.6 Å². The summed E-state index contributed by atoms with van der Waals surface area (Å²) in [7, 11) is 3.75. The van der Waals surface area contributed by atoms with Crippen molar-refractivity contribution in [1.29, 1.82) is 0 Å². The molecule has 12 heavy (non-hydrogen) atoms. The van der Waals surface area contributed by atoms with E-state index >= 15 is 0 Å². The van der Waals surface area contributed by atoms with Gasteiger partial charge in [-0.2, -0.15) is 0 Å². The van der Waals surface area contributed by atoms with Crippen molar-refractivity contribution in [3.8, 4) is 0 Å². The van der Waals surface area contributed by atoms with Crippen molar-refractivity contribution in [2.75, 3.05) is 14.1 Å². The molecule has 0 fully saturated rings. The van der Waals surface area contributed by atoms with Crippen molar-refractivity contribution in [3.63, 3.8) is 0 Å². The molecule has 0 aromatic heterocycles. The van der Waals surface area contributed by atoms with Gasteiger partial charge in [0, 0.05) is 4.90 Å². The van der Waals surface area contributed by atoms with E-state index in [4.69, 9.17) is 0 Å². The maximum atomic E-state index is 4.08. The average Bonchev–Trinajstić information content (AvgIpc) is 2.11. The lowest BCUT2D eigenvalue weighted by Gasteiger charge is -1.81. The van der Waals surface area contributed by atoms with Crippen LogP contribution in [0.1, 0.15) is 13.8 Å². The van der Waals surface area contributed by atoms with E-state index in [1.165, 1.54) is 0 Å². The van der Waals surface area contributed by atoms with Crippen LogP contribution in [0.4, 0.5) is 0 Å². The first-order valence-corrected chi connectivity index (χ1v) is 4.58. The summed E-state index contributed by atoms with van der Waals surface area (Å²) in [6, 6.07) is 9.79. The Labute approximate surface area is 81.6 Å². The molecule has 0 aliphatic carbocycles. The summed E-state index contributed by atoms with van der Waals surface area (Å²) >= 11 is 4.08. The molecule has 0 radical (unpaired) electrons. The van der Waals surface area contributed by atoms with E-state index in [1.807, 2.05) is 58.3 Å². The Bertz CT molecular complexity index is 151. The second-order valence-corrected chi connectivity index (χ2v) is 2.35. The van der Waals surface area contributed by atoms with E-state index in [-0.39, 0.29) is 0 Å². The lowest BCUT2D eigenvalue weighted by Crippen LogP contribution is -1.89. The number of rotatable bonds is 0. The van der Waals surface area contributed by atoms with Crippen LogP contribution in [0.2, 0.25) is 0 Å². The maximum Gasteiger partial charge on any atom is 0.00399 e. The molecule has 1 N–H and O–H groups in total. The van der Waals surface area contributed by atoms with Gasteiger partial charge in [0.15, 0.2) is 0 Å². The molecule has 1 rings (SSSR count). The van der Waals surface area contributed by atoms with E-state index in [9.17, 15) is 0 Å². The van der Waals surface area contributed by atoms with Gasteiger partial charge in [0.25, 0.3) is 0 Å². The number of hydrogen-bond acceptors (Lipinski definition) is 2. The first kappa shape index (κ1) is 14.1. The molecule has 0 aliphatic rings. The van der Waals surface area contributed by atoms with Crippen molar-refractivity contribution in [3.05, 3.63) is 30.3 Å². The summed E-state index contributed by atoms with van der Waals surface area (Å²) < 4.78 is 0. The Morgan fingerprint density at radius 1 is 1.00 bits per heavy atom. The third kappa shape index (κ3) is 12.2. The molecule has 2 heteroatoms. The third-order valence-electron chi connectivity index (χ3n) is 0.756. The molecule has 1 nitrogen and oxygen atoms in total. The van der Waals surface area contributed by atoms with Crippen LogP contribution in [0, 0.1) is 0 Å². The molecule has 0 aliphatic heterocycles. The third-order valence-corrected chi connectivity index (χ3v) is 1.05. The predicted octanol–water partition coefficient (Wildman–Crippen LogP) is 2.84. The van der Waals surface area contributed by atoms with Gasteiger partial charge in [-0.1, -0.05) is 32.0 Å². The number of nitrogens with one attached hydrogen (secondary N) is 1. The molecule has 0 amide bonds. The zero-order valence-corrected chi connectivity index (χ0v) is 9.23. The van der Waals surface area contributed by atoms with Gasteiger partial charge in [0.1, 0.15) is 0 Å². The summed E-state index contributed by atoms with van der Waals surface area (Å²) in [5, 5.41) is 2.75. The lowest BCUT2D eigenvalue weighted by atomic mass is 10.4. The Kier molecular flexibility index (Phi) is 15.4. The molecular weight excluding hydrogens is 166 g/mol. The fourth-order valence-corrected chi connectivity index (χ4v) is 0.600. The smallest absolute Gasteiger partial charge is 0.00399 e. The minimum absolute atomic E-state index is 1.02. The topological polar surface area (TPSA) is 12.0 Å². The summed E-state index contributed by atoms with van der Waals surface area (Å²) in [4.78, 5) is 1.02. The minimum atomic E-state index is 1.02. The highest BCUT2D eigenvalue weighted by atomic mass is 32.1. The van der Waals surface area contributed by atoms with E-state index in [0.717, 1.165) is 4.90 Å². The molecule has 1 aromatic rings. The van der Waals surface area contributed by atoms with Gasteiger partial charge in [-0.25, -0.2) is 0 Å². The molecule has 0 unspecified atom stereocenters. The zero-order chi connectivity index (χ0) is 9.82. The van der Waals surface area contributed by atoms with Crippen LogP contribution < -0.4 is 5.32 Å². The molecule has 1 aromatic carbocycles. The summed E-state index contributed by atoms with van der Waals surface area (Å²) in [5.74, 6) is 0. The molecule has 0 heterocycles. The predicted molar refractivity (Wildman–Crippen MR) is 60.0 cm³/mol. The van der Waals surface area contributed by atoms with Gasteiger partial charge in [-0.3, -0.25) is 0 Å². The fourth-order valence-electron chi connectivity index (χ4n) is 0.428. The van der Waals surface area contributed by atoms with Gasteiger partial charge >= 0.3 is 0 Å². The molecule has 70 valence electrons. The largest absolute Gasteiger partial charge is 0.323 e. The van der Waals surface area contributed by atoms with Crippen LogP contribution in [0.3, 0.4) is 0 Å². The highest BCUT2D eigenvalue weighted by molar-refractivity contribution is 7.80. The minimum Gasteiger partial charge on any atom is -0.323 e.